The van der Waals surface area contributed by atoms with Gasteiger partial charge in [-0.3, -0.25) is 4.90 Å². The molecular formula is C13H21N3. The highest BCUT2D eigenvalue weighted by Crippen LogP contribution is 2.29. The third-order valence-corrected chi connectivity index (χ3v) is 3.30. The maximum atomic E-state index is 4.44. The Bertz CT molecular complexity index is 320. The lowest BCUT2D eigenvalue weighted by atomic mass is 9.97. The Labute approximate surface area is 97.9 Å². The van der Waals surface area contributed by atoms with Gasteiger partial charge in [0.1, 0.15) is 5.82 Å². The smallest absolute Gasteiger partial charge is 0.125 e. The Hall–Kier alpha value is -1.09. The van der Waals surface area contributed by atoms with Gasteiger partial charge in [0.15, 0.2) is 0 Å². The van der Waals surface area contributed by atoms with Crippen LogP contribution in [0.15, 0.2) is 18.3 Å². The molecule has 2 rings (SSSR count). The van der Waals surface area contributed by atoms with Crippen LogP contribution < -0.4 is 5.32 Å². The fraction of sp³-hybridized carbons (Fsp3) is 0.615. The molecule has 1 fully saturated rings. The number of nitrogens with zero attached hydrogens (tertiary/aromatic N) is 2. The second-order valence-electron chi connectivity index (χ2n) is 4.50. The highest BCUT2D eigenvalue weighted by atomic mass is 15.1. The molecule has 1 atom stereocenters. The van der Waals surface area contributed by atoms with Crippen molar-refractivity contribution in [1.29, 1.82) is 0 Å². The van der Waals surface area contributed by atoms with E-state index in [1.54, 1.807) is 0 Å². The van der Waals surface area contributed by atoms with Crippen molar-refractivity contribution in [3.05, 3.63) is 23.9 Å². The number of rotatable bonds is 3. The van der Waals surface area contributed by atoms with Crippen LogP contribution in [-0.2, 0) is 0 Å². The minimum Gasteiger partial charge on any atom is -0.370 e. The van der Waals surface area contributed by atoms with Gasteiger partial charge in [-0.2, -0.15) is 0 Å². The molecule has 2 heterocycles. The van der Waals surface area contributed by atoms with Gasteiger partial charge in [0.05, 0.1) is 0 Å². The second-order valence-corrected chi connectivity index (χ2v) is 4.50. The van der Waals surface area contributed by atoms with Crippen molar-refractivity contribution in [2.45, 2.75) is 32.2 Å². The summed E-state index contributed by atoms with van der Waals surface area (Å²) in [5.41, 5.74) is 1.35. The van der Waals surface area contributed by atoms with E-state index in [0.717, 1.165) is 12.4 Å². The Balaban J connectivity index is 2.08. The number of pyridine rings is 1. The number of likely N-dealkylation sites (tertiary alicyclic amines) is 1. The summed E-state index contributed by atoms with van der Waals surface area (Å²) in [6.07, 6.45) is 5.95. The molecule has 1 aliphatic heterocycles. The van der Waals surface area contributed by atoms with Crippen LogP contribution in [-0.4, -0.2) is 30.0 Å². The van der Waals surface area contributed by atoms with Crippen LogP contribution in [0.25, 0.3) is 0 Å². The first-order chi connectivity index (χ1) is 7.81. The fourth-order valence-corrected chi connectivity index (χ4v) is 2.38. The van der Waals surface area contributed by atoms with Crippen molar-refractivity contribution < 1.29 is 0 Å². The van der Waals surface area contributed by atoms with E-state index >= 15 is 0 Å². The number of hydrogen-bond acceptors (Lipinski definition) is 3. The molecule has 0 aromatic carbocycles. The van der Waals surface area contributed by atoms with Crippen molar-refractivity contribution in [1.82, 2.24) is 9.88 Å². The van der Waals surface area contributed by atoms with Gasteiger partial charge >= 0.3 is 0 Å². The summed E-state index contributed by atoms with van der Waals surface area (Å²) in [6, 6.07) is 4.86. The summed E-state index contributed by atoms with van der Waals surface area (Å²) < 4.78 is 0. The van der Waals surface area contributed by atoms with Crippen molar-refractivity contribution in [3.63, 3.8) is 0 Å². The lowest BCUT2D eigenvalue weighted by Crippen LogP contribution is -2.29. The van der Waals surface area contributed by atoms with Crippen LogP contribution in [0.4, 0.5) is 5.82 Å². The van der Waals surface area contributed by atoms with Gasteiger partial charge < -0.3 is 5.32 Å². The van der Waals surface area contributed by atoms with Crippen LogP contribution in [0.5, 0.6) is 0 Å². The van der Waals surface area contributed by atoms with Crippen molar-refractivity contribution in [2.24, 2.45) is 0 Å². The standard InChI is InChI=1S/C13H21N3/c1-3-14-13-8-7-11(10-15-13)12-6-4-5-9-16(12)2/h7-8,10,12H,3-6,9H2,1-2H3,(H,14,15)/t12-/m1/s1. The summed E-state index contributed by atoms with van der Waals surface area (Å²) in [4.78, 5) is 6.88. The molecule has 1 aromatic rings. The molecule has 3 nitrogen and oxygen atoms in total. The van der Waals surface area contributed by atoms with Crippen LogP contribution in [0, 0.1) is 0 Å². The van der Waals surface area contributed by atoms with E-state index in [0.29, 0.717) is 6.04 Å². The molecule has 1 N–H and O–H groups in total. The summed E-state index contributed by atoms with van der Waals surface area (Å²) in [5, 5.41) is 3.22. The summed E-state index contributed by atoms with van der Waals surface area (Å²) in [7, 11) is 2.21. The number of piperidine rings is 1. The van der Waals surface area contributed by atoms with E-state index in [2.05, 4.69) is 41.3 Å². The summed E-state index contributed by atoms with van der Waals surface area (Å²) in [6.45, 7) is 4.22. The van der Waals surface area contributed by atoms with E-state index < -0.39 is 0 Å². The summed E-state index contributed by atoms with van der Waals surface area (Å²) >= 11 is 0. The molecule has 1 saturated heterocycles. The molecular weight excluding hydrogens is 198 g/mol. The molecule has 0 spiro atoms. The molecule has 1 aliphatic rings. The molecule has 1 aromatic heterocycles. The van der Waals surface area contributed by atoms with Crippen molar-refractivity contribution in [3.8, 4) is 0 Å². The number of hydrogen-bond donors (Lipinski definition) is 1. The van der Waals surface area contributed by atoms with E-state index in [1.165, 1.54) is 31.4 Å². The van der Waals surface area contributed by atoms with Gasteiger partial charge in [-0.1, -0.05) is 12.5 Å². The normalized spacial score (nSPS) is 22.0. The fourth-order valence-electron chi connectivity index (χ4n) is 2.38. The zero-order valence-electron chi connectivity index (χ0n) is 10.2. The van der Waals surface area contributed by atoms with Crippen molar-refractivity contribution in [2.75, 3.05) is 25.5 Å². The maximum Gasteiger partial charge on any atom is 0.125 e. The van der Waals surface area contributed by atoms with Gasteiger partial charge in [-0.25, -0.2) is 4.98 Å². The molecule has 0 radical (unpaired) electrons. The van der Waals surface area contributed by atoms with Gasteiger partial charge in [0, 0.05) is 18.8 Å². The number of nitrogens with one attached hydrogen (secondary N) is 1. The van der Waals surface area contributed by atoms with Gasteiger partial charge in [-0.15, -0.1) is 0 Å². The SMILES string of the molecule is CCNc1ccc([C@H]2CCCCN2C)cn1. The Morgan fingerprint density at radius 1 is 1.44 bits per heavy atom. The lowest BCUT2D eigenvalue weighted by Gasteiger charge is -2.32. The van der Waals surface area contributed by atoms with Crippen LogP contribution in [0.1, 0.15) is 37.8 Å². The van der Waals surface area contributed by atoms with Gasteiger partial charge in [0.2, 0.25) is 0 Å². The predicted molar refractivity (Wildman–Crippen MR) is 67.6 cm³/mol. The largest absolute Gasteiger partial charge is 0.370 e. The average Bonchev–Trinajstić information content (AvgIpc) is 2.31. The first-order valence-corrected chi connectivity index (χ1v) is 6.21. The van der Waals surface area contributed by atoms with Crippen LogP contribution in [0.3, 0.4) is 0 Å². The topological polar surface area (TPSA) is 28.2 Å². The molecule has 16 heavy (non-hydrogen) atoms. The molecule has 0 saturated carbocycles. The lowest BCUT2D eigenvalue weighted by molar-refractivity contribution is 0.187. The third kappa shape index (κ3) is 2.53. The zero-order chi connectivity index (χ0) is 11.4. The quantitative estimate of drug-likeness (QED) is 0.847. The van der Waals surface area contributed by atoms with E-state index in [4.69, 9.17) is 0 Å². The second kappa shape index (κ2) is 5.30. The van der Waals surface area contributed by atoms with Crippen molar-refractivity contribution >= 4 is 5.82 Å². The van der Waals surface area contributed by atoms with Gasteiger partial charge in [0.25, 0.3) is 0 Å². The minimum atomic E-state index is 0.567. The first kappa shape index (κ1) is 11.4. The zero-order valence-corrected chi connectivity index (χ0v) is 10.2. The molecule has 0 amide bonds. The minimum absolute atomic E-state index is 0.567. The molecule has 88 valence electrons. The molecule has 0 bridgehead atoms. The average molecular weight is 219 g/mol. The monoisotopic (exact) mass is 219 g/mol. The van der Waals surface area contributed by atoms with E-state index in [-0.39, 0.29) is 0 Å². The Morgan fingerprint density at radius 2 is 2.31 bits per heavy atom. The molecule has 0 aliphatic carbocycles. The third-order valence-electron chi connectivity index (χ3n) is 3.30. The van der Waals surface area contributed by atoms with Crippen LogP contribution in [0.2, 0.25) is 0 Å². The number of anilines is 1. The Morgan fingerprint density at radius 3 is 2.94 bits per heavy atom. The van der Waals surface area contributed by atoms with E-state index in [1.807, 2.05) is 6.20 Å². The first-order valence-electron chi connectivity index (χ1n) is 6.21. The Kier molecular flexibility index (Phi) is 3.78. The summed E-state index contributed by atoms with van der Waals surface area (Å²) in [5.74, 6) is 0.977. The highest BCUT2D eigenvalue weighted by molar-refractivity contribution is 5.36. The highest BCUT2D eigenvalue weighted by Gasteiger charge is 2.20. The van der Waals surface area contributed by atoms with Crippen LogP contribution >= 0.6 is 0 Å². The maximum absolute atomic E-state index is 4.44. The van der Waals surface area contributed by atoms with E-state index in [9.17, 15) is 0 Å². The molecule has 0 unspecified atom stereocenters. The molecule has 3 heteroatoms. The number of aromatic nitrogens is 1. The van der Waals surface area contributed by atoms with Gasteiger partial charge in [-0.05, 0) is 45.0 Å². The predicted octanol–water partition coefficient (Wildman–Crippen LogP) is 2.67.